The van der Waals surface area contributed by atoms with Crippen molar-refractivity contribution in [3.63, 3.8) is 0 Å². The van der Waals surface area contributed by atoms with Crippen LogP contribution < -0.4 is 0 Å². The van der Waals surface area contributed by atoms with Crippen LogP contribution in [0.3, 0.4) is 0 Å². The third kappa shape index (κ3) is 5.59. The van der Waals surface area contributed by atoms with Crippen LogP contribution in [-0.2, 0) is 14.3 Å². The summed E-state index contributed by atoms with van der Waals surface area (Å²) in [7, 11) is 0. The largest absolute Gasteiger partial charge is 0.462 e. The fraction of sp³-hybridized carbons (Fsp3) is 0.800. The fourth-order valence-electron chi connectivity index (χ4n) is 10.0. The van der Waals surface area contributed by atoms with E-state index in [1.54, 1.807) is 0 Å². The Bertz CT molecular complexity index is 809. The summed E-state index contributed by atoms with van der Waals surface area (Å²) in [5, 5.41) is 27.9. The zero-order chi connectivity index (χ0) is 26.7. The van der Waals surface area contributed by atoms with E-state index in [1.807, 2.05) is 0 Å². The molecular formula is C30H45ClO6. The van der Waals surface area contributed by atoms with Crippen LogP contribution in [0.2, 0.25) is 0 Å². The van der Waals surface area contributed by atoms with Gasteiger partial charge in [-0.1, -0.05) is 26.0 Å². The number of fused-ring (bicyclic) bond motifs is 10. The topological polar surface area (TPSA) is 104 Å². The predicted molar refractivity (Wildman–Crippen MR) is 142 cm³/mol. The van der Waals surface area contributed by atoms with Gasteiger partial charge in [0.2, 0.25) is 5.24 Å². The van der Waals surface area contributed by atoms with E-state index in [0.29, 0.717) is 55.3 Å². The van der Waals surface area contributed by atoms with Crippen LogP contribution in [0, 0.1) is 71.0 Å². The molecule has 6 aliphatic carbocycles. The van der Waals surface area contributed by atoms with Gasteiger partial charge in [-0.2, -0.15) is 0 Å². The first-order valence-electron chi connectivity index (χ1n) is 14.3. The van der Waals surface area contributed by atoms with Crippen molar-refractivity contribution < 1.29 is 29.6 Å². The van der Waals surface area contributed by atoms with E-state index in [0.717, 1.165) is 41.6 Å². The third-order valence-corrected chi connectivity index (χ3v) is 11.4. The number of halogens is 1. The Morgan fingerprint density at radius 1 is 0.676 bits per heavy atom. The third-order valence-electron chi connectivity index (χ3n) is 11.2. The highest BCUT2D eigenvalue weighted by Gasteiger charge is 2.59. The maximum Gasteiger partial charge on any atom is 0.330 e. The quantitative estimate of drug-likeness (QED) is 0.256. The Morgan fingerprint density at radius 3 is 1.35 bits per heavy atom. The Kier molecular flexibility index (Phi) is 9.93. The molecule has 0 aromatic heterocycles. The average molecular weight is 537 g/mol. The second kappa shape index (κ2) is 12.8. The minimum atomic E-state index is -0.509. The molecule has 6 saturated carbocycles. The maximum atomic E-state index is 11.2. The second-order valence-corrected chi connectivity index (χ2v) is 12.6. The molecule has 4 bridgehead atoms. The molecule has 0 heterocycles. The molecule has 0 aliphatic heterocycles. The van der Waals surface area contributed by atoms with Crippen LogP contribution in [-0.4, -0.2) is 53.0 Å². The van der Waals surface area contributed by atoms with E-state index in [9.17, 15) is 24.9 Å². The lowest BCUT2D eigenvalue weighted by Gasteiger charge is -2.37. The molecule has 0 radical (unpaired) electrons. The number of aliphatic hydroxyl groups is 3. The number of hydrogen-bond acceptors (Lipinski definition) is 6. The number of hydrogen-bond donors (Lipinski definition) is 3. The first-order valence-corrected chi connectivity index (χ1v) is 14.7. The molecule has 208 valence electrons. The SMILES string of the molecule is C=CC(=O)Cl.C=CC(=O)OCC1C(CO)C2CC1C1CCCC12.OCC1C(CO)C2CC1C1CCCC12. The summed E-state index contributed by atoms with van der Waals surface area (Å²) in [6, 6.07) is 0. The first-order chi connectivity index (χ1) is 17.9. The van der Waals surface area contributed by atoms with E-state index < -0.39 is 5.24 Å². The van der Waals surface area contributed by atoms with Gasteiger partial charge in [0.15, 0.2) is 0 Å². The molecular weight excluding hydrogens is 492 g/mol. The number of carbonyl (C=O) groups is 2. The molecule has 0 aromatic rings. The zero-order valence-corrected chi connectivity index (χ0v) is 22.7. The van der Waals surface area contributed by atoms with Crippen molar-refractivity contribution in [2.45, 2.75) is 51.4 Å². The van der Waals surface area contributed by atoms with Crippen LogP contribution in [0.1, 0.15) is 51.4 Å². The number of ether oxygens (including phenoxy) is 1. The number of aliphatic hydroxyl groups excluding tert-OH is 3. The molecule has 6 aliphatic rings. The lowest BCUT2D eigenvalue weighted by molar-refractivity contribution is -0.141. The molecule has 3 N–H and O–H groups in total. The van der Waals surface area contributed by atoms with Gasteiger partial charge < -0.3 is 20.1 Å². The number of carbonyl (C=O) groups excluding carboxylic acids is 2. The highest BCUT2D eigenvalue weighted by Crippen LogP contribution is 2.64. The van der Waals surface area contributed by atoms with Crippen molar-refractivity contribution in [1.29, 1.82) is 0 Å². The van der Waals surface area contributed by atoms with E-state index in [2.05, 4.69) is 13.2 Å². The standard InChI is InChI=1S/C15H22O3.C12H20O2.C3H3ClO/c1-2-15(17)18-8-14-12-6-11(13(14)7-16)9-4-3-5-10(9)12;13-5-11-9-4-10(12(11)6-14)8-3-1-2-7(8)9;1-2-3(4)5/h2,9-14,16H,1,3-8H2;7-14H,1-6H2;2H,1H2. The van der Waals surface area contributed by atoms with Crippen molar-refractivity contribution in [3.8, 4) is 0 Å². The van der Waals surface area contributed by atoms with Crippen molar-refractivity contribution in [1.82, 2.24) is 0 Å². The number of rotatable bonds is 7. The van der Waals surface area contributed by atoms with Crippen molar-refractivity contribution in [3.05, 3.63) is 25.3 Å². The monoisotopic (exact) mass is 536 g/mol. The zero-order valence-electron chi connectivity index (χ0n) is 21.9. The highest BCUT2D eigenvalue weighted by atomic mass is 35.5. The van der Waals surface area contributed by atoms with Gasteiger partial charge in [-0.05, 0) is 121 Å². The summed E-state index contributed by atoms with van der Waals surface area (Å²) >= 11 is 4.71. The fourth-order valence-corrected chi connectivity index (χ4v) is 10.0. The summed E-state index contributed by atoms with van der Waals surface area (Å²) in [4.78, 5) is 20.7. The molecule has 0 spiro atoms. The number of esters is 1. The summed E-state index contributed by atoms with van der Waals surface area (Å²) in [5.41, 5.74) is 0. The van der Waals surface area contributed by atoms with E-state index >= 15 is 0 Å². The second-order valence-electron chi connectivity index (χ2n) is 12.2. The van der Waals surface area contributed by atoms with Gasteiger partial charge in [0.25, 0.3) is 0 Å². The van der Waals surface area contributed by atoms with Gasteiger partial charge >= 0.3 is 5.97 Å². The Balaban J connectivity index is 0.000000150. The minimum absolute atomic E-state index is 0.251. The van der Waals surface area contributed by atoms with Crippen molar-refractivity contribution >= 4 is 22.8 Å². The van der Waals surface area contributed by atoms with Crippen LogP contribution in [0.25, 0.3) is 0 Å². The number of allylic oxidation sites excluding steroid dienone is 1. The molecule has 37 heavy (non-hydrogen) atoms. The van der Waals surface area contributed by atoms with Crippen LogP contribution in [0.15, 0.2) is 25.3 Å². The van der Waals surface area contributed by atoms with Crippen molar-refractivity contribution in [2.75, 3.05) is 26.4 Å². The molecule has 0 amide bonds. The lowest BCUT2D eigenvalue weighted by Crippen LogP contribution is -2.37. The van der Waals surface area contributed by atoms with Crippen LogP contribution >= 0.6 is 11.6 Å². The van der Waals surface area contributed by atoms with Gasteiger partial charge in [0.05, 0.1) is 6.61 Å². The first kappa shape index (κ1) is 28.8. The maximum absolute atomic E-state index is 11.2. The Hall–Kier alpha value is -1.21. The summed E-state index contributed by atoms with van der Waals surface area (Å²) < 4.78 is 5.24. The van der Waals surface area contributed by atoms with E-state index in [1.165, 1.54) is 57.4 Å². The Morgan fingerprint density at radius 2 is 1.03 bits per heavy atom. The molecule has 12 unspecified atom stereocenters. The predicted octanol–water partition coefficient (Wildman–Crippen LogP) is 4.21. The normalized spacial score (nSPS) is 43.7. The van der Waals surface area contributed by atoms with Crippen LogP contribution in [0.4, 0.5) is 0 Å². The van der Waals surface area contributed by atoms with E-state index in [-0.39, 0.29) is 12.6 Å². The molecule has 0 saturated heterocycles. The highest BCUT2D eigenvalue weighted by molar-refractivity contribution is 6.66. The van der Waals surface area contributed by atoms with Gasteiger partial charge in [-0.15, -0.1) is 0 Å². The Labute approximate surface area is 226 Å². The summed E-state index contributed by atoms with van der Waals surface area (Å²) in [6.45, 7) is 7.83. The van der Waals surface area contributed by atoms with Gasteiger partial charge in [0, 0.05) is 31.8 Å². The van der Waals surface area contributed by atoms with Crippen LogP contribution in [0.5, 0.6) is 0 Å². The molecule has 0 aromatic carbocycles. The van der Waals surface area contributed by atoms with E-state index in [4.69, 9.17) is 16.3 Å². The van der Waals surface area contributed by atoms with Crippen molar-refractivity contribution in [2.24, 2.45) is 71.0 Å². The van der Waals surface area contributed by atoms with Gasteiger partial charge in [-0.3, -0.25) is 4.79 Å². The van der Waals surface area contributed by atoms with Gasteiger partial charge in [0.1, 0.15) is 0 Å². The molecule has 6 fully saturated rings. The molecule has 6 nitrogen and oxygen atoms in total. The van der Waals surface area contributed by atoms with Gasteiger partial charge in [-0.25, -0.2) is 4.79 Å². The smallest absolute Gasteiger partial charge is 0.330 e. The average Bonchev–Trinajstić information content (AvgIpc) is 3.73. The molecule has 12 atom stereocenters. The minimum Gasteiger partial charge on any atom is -0.462 e. The summed E-state index contributed by atoms with van der Waals surface area (Å²) in [6.07, 6.45) is 13.0. The molecule has 7 heteroatoms. The lowest BCUT2D eigenvalue weighted by atomic mass is 9.70. The summed E-state index contributed by atoms with van der Waals surface area (Å²) in [5.74, 6) is 7.58. The molecule has 6 rings (SSSR count).